The van der Waals surface area contributed by atoms with E-state index >= 15 is 0 Å². The lowest BCUT2D eigenvalue weighted by Crippen LogP contribution is -2.47. The molecule has 9 heteroatoms. The zero-order chi connectivity index (χ0) is 25.9. The van der Waals surface area contributed by atoms with Crippen LogP contribution in [-0.4, -0.2) is 71.3 Å². The Balaban J connectivity index is 0.927. The Morgan fingerprint density at radius 3 is 2.74 bits per heavy atom. The molecule has 1 amide bonds. The first-order valence-corrected chi connectivity index (χ1v) is 13.9. The van der Waals surface area contributed by atoms with Crippen molar-refractivity contribution in [3.05, 3.63) is 53.5 Å². The number of amides is 1. The third-order valence-electron chi connectivity index (χ3n) is 8.22. The molecular weight excluding hydrogens is 480 g/mol. The first-order chi connectivity index (χ1) is 18.6. The summed E-state index contributed by atoms with van der Waals surface area (Å²) < 4.78 is 10.8. The molecule has 38 heavy (non-hydrogen) atoms. The highest BCUT2D eigenvalue weighted by Crippen LogP contribution is 2.33. The molecule has 1 N–H and O–H groups in total. The molecule has 0 unspecified atom stereocenters. The maximum atomic E-state index is 12.9. The smallest absolute Gasteiger partial charge is 0.251 e. The van der Waals surface area contributed by atoms with E-state index in [1.54, 1.807) is 6.92 Å². The minimum absolute atomic E-state index is 0.0292. The number of benzene rings is 1. The third-order valence-corrected chi connectivity index (χ3v) is 8.22. The summed E-state index contributed by atoms with van der Waals surface area (Å²) in [6.45, 7) is 7.90. The van der Waals surface area contributed by atoms with Crippen molar-refractivity contribution < 1.29 is 14.1 Å². The second-order valence-corrected chi connectivity index (χ2v) is 10.7. The highest BCUT2D eigenvalue weighted by Gasteiger charge is 2.26. The average molecular weight is 517 g/mol. The molecule has 1 aliphatic carbocycles. The number of carbonyl (C=O) groups excluding carboxylic acids is 1. The van der Waals surface area contributed by atoms with Crippen LogP contribution in [0, 0.1) is 12.8 Å². The Kier molecular flexibility index (Phi) is 7.27. The third kappa shape index (κ3) is 5.53. The Morgan fingerprint density at radius 1 is 1.11 bits per heavy atom. The van der Waals surface area contributed by atoms with E-state index in [4.69, 9.17) is 9.26 Å². The molecule has 3 aliphatic rings. The number of anilines is 1. The van der Waals surface area contributed by atoms with Gasteiger partial charge in [-0.15, -0.1) is 0 Å². The molecule has 9 nitrogen and oxygen atoms in total. The molecular formula is C29H36N6O3. The topological polar surface area (TPSA) is 96.6 Å². The minimum Gasteiger partial charge on any atom is -0.493 e. The standard InChI is InChI=1S/C29H36N6O3/c1-20-31-27(33-38-20)22-3-2-4-23(19-22)29(36)32-24-7-5-21(6-8-24)10-13-34-14-16-35(17-15-34)28-25-11-18-37-26(25)9-12-30-28/h2-4,9,12,19,21,24H,5-8,10-11,13-18H2,1H3,(H,32,36)/t21-,24-. The maximum absolute atomic E-state index is 12.9. The summed E-state index contributed by atoms with van der Waals surface area (Å²) in [5.74, 6) is 3.86. The number of rotatable bonds is 7. The van der Waals surface area contributed by atoms with E-state index in [0.717, 1.165) is 81.6 Å². The van der Waals surface area contributed by atoms with E-state index in [9.17, 15) is 4.79 Å². The summed E-state index contributed by atoms with van der Waals surface area (Å²) in [6.07, 6.45) is 8.51. The Hall–Kier alpha value is -3.46. The van der Waals surface area contributed by atoms with Crippen LogP contribution in [0.4, 0.5) is 5.82 Å². The normalized spacial score (nSPS) is 21.7. The van der Waals surface area contributed by atoms with Gasteiger partial charge in [0.15, 0.2) is 0 Å². The number of hydrogen-bond donors (Lipinski definition) is 1. The van der Waals surface area contributed by atoms with Gasteiger partial charge in [-0.2, -0.15) is 4.98 Å². The van der Waals surface area contributed by atoms with Crippen LogP contribution in [0.25, 0.3) is 11.4 Å². The first kappa shape index (κ1) is 24.9. The number of nitrogens with zero attached hydrogens (tertiary/aromatic N) is 5. The van der Waals surface area contributed by atoms with Crippen LogP contribution in [0.3, 0.4) is 0 Å². The van der Waals surface area contributed by atoms with Crippen LogP contribution in [0.15, 0.2) is 41.1 Å². The number of aromatic nitrogens is 3. The molecule has 3 aromatic rings. The fraction of sp³-hybridized carbons (Fsp3) is 0.517. The van der Waals surface area contributed by atoms with E-state index < -0.39 is 0 Å². The van der Waals surface area contributed by atoms with E-state index in [1.807, 2.05) is 36.5 Å². The lowest BCUT2D eigenvalue weighted by molar-refractivity contribution is 0.0919. The van der Waals surface area contributed by atoms with Crippen LogP contribution in [0.1, 0.15) is 53.9 Å². The van der Waals surface area contributed by atoms with Gasteiger partial charge in [0.1, 0.15) is 11.6 Å². The van der Waals surface area contributed by atoms with Crippen LogP contribution < -0.4 is 15.0 Å². The second kappa shape index (κ2) is 11.1. The van der Waals surface area contributed by atoms with Crippen molar-refractivity contribution >= 4 is 11.7 Å². The Labute approximate surface area is 223 Å². The van der Waals surface area contributed by atoms with Gasteiger partial charge in [-0.3, -0.25) is 9.69 Å². The zero-order valence-corrected chi connectivity index (χ0v) is 22.1. The summed E-state index contributed by atoms with van der Waals surface area (Å²) in [4.78, 5) is 26.9. The minimum atomic E-state index is -0.0292. The van der Waals surface area contributed by atoms with E-state index in [2.05, 4.69) is 30.2 Å². The molecule has 1 saturated carbocycles. The van der Waals surface area contributed by atoms with Crippen molar-refractivity contribution in [2.24, 2.45) is 5.92 Å². The van der Waals surface area contributed by atoms with Crippen molar-refractivity contribution in [1.82, 2.24) is 25.3 Å². The summed E-state index contributed by atoms with van der Waals surface area (Å²) in [5.41, 5.74) is 2.70. The highest BCUT2D eigenvalue weighted by molar-refractivity contribution is 5.95. The molecule has 1 aromatic carbocycles. The Bertz CT molecular complexity index is 1260. The molecule has 2 aliphatic heterocycles. The van der Waals surface area contributed by atoms with Crippen LogP contribution >= 0.6 is 0 Å². The fourth-order valence-electron chi connectivity index (χ4n) is 6.00. The number of piperazine rings is 1. The van der Waals surface area contributed by atoms with E-state index in [1.165, 1.54) is 24.8 Å². The van der Waals surface area contributed by atoms with E-state index in [0.29, 0.717) is 17.3 Å². The lowest BCUT2D eigenvalue weighted by Gasteiger charge is -2.37. The van der Waals surface area contributed by atoms with Crippen molar-refractivity contribution in [2.75, 3.05) is 44.2 Å². The van der Waals surface area contributed by atoms with Crippen molar-refractivity contribution in [3.63, 3.8) is 0 Å². The quantitative estimate of drug-likeness (QED) is 0.506. The average Bonchev–Trinajstić information content (AvgIpc) is 3.62. The van der Waals surface area contributed by atoms with Crippen molar-refractivity contribution in [1.29, 1.82) is 0 Å². The zero-order valence-electron chi connectivity index (χ0n) is 22.1. The summed E-state index contributed by atoms with van der Waals surface area (Å²) in [6, 6.07) is 9.66. The number of hydrogen-bond acceptors (Lipinski definition) is 8. The summed E-state index contributed by atoms with van der Waals surface area (Å²) in [7, 11) is 0. The number of carbonyl (C=O) groups is 1. The van der Waals surface area contributed by atoms with E-state index in [-0.39, 0.29) is 11.9 Å². The van der Waals surface area contributed by atoms with Gasteiger partial charge in [-0.25, -0.2) is 4.98 Å². The molecule has 0 atom stereocenters. The predicted octanol–water partition coefficient (Wildman–Crippen LogP) is 3.88. The summed E-state index contributed by atoms with van der Waals surface area (Å²) >= 11 is 0. The van der Waals surface area contributed by atoms with Crippen molar-refractivity contribution in [3.8, 4) is 17.1 Å². The molecule has 2 fully saturated rings. The fourth-order valence-corrected chi connectivity index (χ4v) is 6.00. The molecule has 200 valence electrons. The second-order valence-electron chi connectivity index (χ2n) is 10.7. The largest absolute Gasteiger partial charge is 0.493 e. The number of nitrogens with one attached hydrogen (secondary N) is 1. The predicted molar refractivity (Wildman–Crippen MR) is 144 cm³/mol. The van der Waals surface area contributed by atoms with Crippen LogP contribution in [-0.2, 0) is 6.42 Å². The number of fused-ring (bicyclic) bond motifs is 1. The van der Waals surface area contributed by atoms with Crippen LogP contribution in [0.2, 0.25) is 0 Å². The van der Waals surface area contributed by atoms with Gasteiger partial charge in [0.25, 0.3) is 5.91 Å². The van der Waals surface area contributed by atoms with Crippen LogP contribution in [0.5, 0.6) is 5.75 Å². The van der Waals surface area contributed by atoms with Gasteiger partial charge in [0.2, 0.25) is 11.7 Å². The molecule has 0 bridgehead atoms. The molecule has 0 spiro atoms. The first-order valence-electron chi connectivity index (χ1n) is 13.9. The molecule has 4 heterocycles. The number of ether oxygens (including phenoxy) is 1. The lowest BCUT2D eigenvalue weighted by atomic mass is 9.84. The van der Waals surface area contributed by atoms with Gasteiger partial charge in [-0.05, 0) is 62.8 Å². The highest BCUT2D eigenvalue weighted by atomic mass is 16.5. The number of aryl methyl sites for hydroxylation is 1. The molecule has 6 rings (SSSR count). The molecule has 0 radical (unpaired) electrons. The van der Waals surface area contributed by atoms with Gasteiger partial charge in [0, 0.05) is 68.5 Å². The summed E-state index contributed by atoms with van der Waals surface area (Å²) in [5, 5.41) is 7.21. The maximum Gasteiger partial charge on any atom is 0.251 e. The van der Waals surface area contributed by atoms with Gasteiger partial charge >= 0.3 is 0 Å². The van der Waals surface area contributed by atoms with Gasteiger partial charge in [0.05, 0.1) is 6.61 Å². The number of pyridine rings is 1. The van der Waals surface area contributed by atoms with Gasteiger partial charge in [-0.1, -0.05) is 17.3 Å². The SMILES string of the molecule is Cc1nc(-c2cccc(C(=O)N[C@H]3CC[C@H](CCN4CCN(c5nccc6c5CCO6)CC4)CC3)c2)no1. The van der Waals surface area contributed by atoms with Crippen molar-refractivity contribution in [2.45, 2.75) is 51.5 Å². The molecule has 2 aromatic heterocycles. The Morgan fingerprint density at radius 2 is 1.95 bits per heavy atom. The molecule has 1 saturated heterocycles. The monoisotopic (exact) mass is 516 g/mol. The van der Waals surface area contributed by atoms with Gasteiger partial charge < -0.3 is 19.5 Å².